The average Bonchev–Trinajstić information content (AvgIpc) is 2.83. The molecule has 0 aliphatic carbocycles. The lowest BCUT2D eigenvalue weighted by Gasteiger charge is -2.18. The Morgan fingerprint density at radius 3 is 2.62 bits per heavy atom. The molecule has 1 heterocycles. The van der Waals surface area contributed by atoms with Crippen LogP contribution in [-0.2, 0) is 9.59 Å². The Bertz CT molecular complexity index is 810. The van der Waals surface area contributed by atoms with Crippen LogP contribution in [0.2, 0.25) is 10.0 Å². The molecule has 0 saturated carbocycles. The van der Waals surface area contributed by atoms with Gasteiger partial charge in [-0.1, -0.05) is 35.3 Å². The van der Waals surface area contributed by atoms with Crippen LogP contribution in [0.3, 0.4) is 0 Å². The SMILES string of the molecule is COc1ccccc1N[C@@H]1CC(=O)N(c2ccc(Cl)cc2Cl)C1=O. The number of anilines is 2. The van der Waals surface area contributed by atoms with E-state index in [9.17, 15) is 9.59 Å². The lowest BCUT2D eigenvalue weighted by Crippen LogP contribution is -2.35. The van der Waals surface area contributed by atoms with Crippen LogP contribution in [0.4, 0.5) is 11.4 Å². The van der Waals surface area contributed by atoms with Gasteiger partial charge in [-0.05, 0) is 30.3 Å². The summed E-state index contributed by atoms with van der Waals surface area (Å²) in [5, 5.41) is 3.75. The summed E-state index contributed by atoms with van der Waals surface area (Å²) in [6.45, 7) is 0. The Hall–Kier alpha value is -2.24. The monoisotopic (exact) mass is 364 g/mol. The molecule has 1 atom stereocenters. The Morgan fingerprint density at radius 2 is 1.92 bits per heavy atom. The smallest absolute Gasteiger partial charge is 0.256 e. The second-order valence-corrected chi connectivity index (χ2v) is 6.11. The summed E-state index contributed by atoms with van der Waals surface area (Å²) in [5.74, 6) is -0.0903. The van der Waals surface area contributed by atoms with Gasteiger partial charge >= 0.3 is 0 Å². The molecule has 1 saturated heterocycles. The fourth-order valence-corrected chi connectivity index (χ4v) is 3.11. The van der Waals surface area contributed by atoms with Crippen molar-refractivity contribution < 1.29 is 14.3 Å². The largest absolute Gasteiger partial charge is 0.495 e. The highest BCUT2D eigenvalue weighted by molar-refractivity contribution is 6.38. The molecule has 2 aromatic carbocycles. The maximum absolute atomic E-state index is 12.7. The van der Waals surface area contributed by atoms with Crippen molar-refractivity contribution in [2.75, 3.05) is 17.3 Å². The first-order valence-corrected chi connectivity index (χ1v) is 7.98. The van der Waals surface area contributed by atoms with Gasteiger partial charge in [0.05, 0.1) is 29.9 Å². The number of nitrogens with one attached hydrogen (secondary N) is 1. The van der Waals surface area contributed by atoms with Crippen molar-refractivity contribution in [3.8, 4) is 5.75 Å². The number of amides is 2. The van der Waals surface area contributed by atoms with Gasteiger partial charge in [0, 0.05) is 5.02 Å². The maximum atomic E-state index is 12.7. The number of rotatable bonds is 4. The summed E-state index contributed by atoms with van der Waals surface area (Å²) >= 11 is 12.0. The number of hydrogen-bond acceptors (Lipinski definition) is 4. The minimum atomic E-state index is -0.680. The fraction of sp³-hybridized carbons (Fsp3) is 0.176. The van der Waals surface area contributed by atoms with E-state index in [-0.39, 0.29) is 23.3 Å². The molecular weight excluding hydrogens is 351 g/mol. The summed E-state index contributed by atoms with van der Waals surface area (Å²) < 4.78 is 5.25. The number of halogens is 2. The number of ether oxygens (including phenoxy) is 1. The van der Waals surface area contributed by atoms with Gasteiger partial charge < -0.3 is 10.1 Å². The Balaban J connectivity index is 1.86. The summed E-state index contributed by atoms with van der Waals surface area (Å²) in [6, 6.07) is 11.2. The van der Waals surface area contributed by atoms with Crippen LogP contribution in [0.5, 0.6) is 5.75 Å². The van der Waals surface area contributed by atoms with Gasteiger partial charge in [0.25, 0.3) is 5.91 Å². The minimum absolute atomic E-state index is 0.0375. The number of imide groups is 1. The van der Waals surface area contributed by atoms with Crippen molar-refractivity contribution in [1.82, 2.24) is 0 Å². The molecular formula is C17H14Cl2N2O3. The Kier molecular flexibility index (Phi) is 4.64. The molecule has 1 aliphatic heterocycles. The summed E-state index contributed by atoms with van der Waals surface area (Å²) in [4.78, 5) is 26.1. The molecule has 2 aromatic rings. The van der Waals surface area contributed by atoms with Crippen LogP contribution in [0.1, 0.15) is 6.42 Å². The zero-order valence-electron chi connectivity index (χ0n) is 12.8. The van der Waals surface area contributed by atoms with Crippen molar-refractivity contribution in [3.05, 3.63) is 52.5 Å². The molecule has 0 aromatic heterocycles. The predicted molar refractivity (Wildman–Crippen MR) is 94.0 cm³/mol. The highest BCUT2D eigenvalue weighted by Crippen LogP contribution is 2.34. The molecule has 7 heteroatoms. The van der Waals surface area contributed by atoms with Crippen molar-refractivity contribution in [1.29, 1.82) is 0 Å². The molecule has 1 fully saturated rings. The molecule has 5 nitrogen and oxygen atoms in total. The Labute approximate surface area is 149 Å². The quantitative estimate of drug-likeness (QED) is 0.839. The van der Waals surface area contributed by atoms with E-state index in [0.29, 0.717) is 22.1 Å². The highest BCUT2D eigenvalue weighted by atomic mass is 35.5. The maximum Gasteiger partial charge on any atom is 0.256 e. The molecule has 24 heavy (non-hydrogen) atoms. The Morgan fingerprint density at radius 1 is 1.17 bits per heavy atom. The lowest BCUT2D eigenvalue weighted by atomic mass is 10.2. The molecule has 1 N–H and O–H groups in total. The van der Waals surface area contributed by atoms with Crippen molar-refractivity contribution >= 4 is 46.4 Å². The number of hydrogen-bond donors (Lipinski definition) is 1. The number of methoxy groups -OCH3 is 1. The standard InChI is InChI=1S/C17H14Cl2N2O3/c1-24-15-5-3-2-4-12(15)20-13-9-16(22)21(17(13)23)14-7-6-10(18)8-11(14)19/h2-8,13,20H,9H2,1H3/t13-/m1/s1. The first kappa shape index (κ1) is 16.6. The molecule has 0 radical (unpaired) electrons. The second kappa shape index (κ2) is 6.71. The molecule has 0 unspecified atom stereocenters. The van der Waals surface area contributed by atoms with Crippen molar-refractivity contribution in [2.24, 2.45) is 0 Å². The first-order valence-electron chi connectivity index (χ1n) is 7.22. The second-order valence-electron chi connectivity index (χ2n) is 5.26. The zero-order valence-corrected chi connectivity index (χ0v) is 14.3. The van der Waals surface area contributed by atoms with E-state index in [2.05, 4.69) is 5.32 Å². The summed E-state index contributed by atoms with van der Waals surface area (Å²) in [6.07, 6.45) is 0.0375. The van der Waals surface area contributed by atoms with E-state index in [0.717, 1.165) is 4.90 Å². The minimum Gasteiger partial charge on any atom is -0.495 e. The van der Waals surface area contributed by atoms with Gasteiger partial charge in [0.15, 0.2) is 0 Å². The molecule has 0 spiro atoms. The number of carbonyl (C=O) groups excluding carboxylic acids is 2. The third-order valence-electron chi connectivity index (χ3n) is 3.73. The van der Waals surface area contributed by atoms with Crippen LogP contribution < -0.4 is 15.0 Å². The topological polar surface area (TPSA) is 58.6 Å². The van der Waals surface area contributed by atoms with E-state index in [1.54, 1.807) is 31.4 Å². The molecule has 0 bridgehead atoms. The van der Waals surface area contributed by atoms with Gasteiger partial charge in [-0.25, -0.2) is 4.90 Å². The molecule has 124 valence electrons. The number of para-hydroxylation sites is 2. The third-order valence-corrected chi connectivity index (χ3v) is 4.27. The summed E-state index contributed by atoms with van der Waals surface area (Å²) in [7, 11) is 1.54. The zero-order chi connectivity index (χ0) is 17.3. The fourth-order valence-electron chi connectivity index (χ4n) is 2.61. The summed E-state index contributed by atoms with van der Waals surface area (Å²) in [5.41, 5.74) is 0.982. The number of carbonyl (C=O) groups is 2. The molecule has 2 amide bonds. The number of nitrogens with zero attached hydrogens (tertiary/aromatic N) is 1. The van der Waals surface area contributed by atoms with Gasteiger partial charge in [0.2, 0.25) is 5.91 Å². The highest BCUT2D eigenvalue weighted by Gasteiger charge is 2.40. The first-order chi connectivity index (χ1) is 11.5. The van der Waals surface area contributed by atoms with Crippen LogP contribution in [0.25, 0.3) is 0 Å². The van der Waals surface area contributed by atoms with Crippen LogP contribution in [-0.4, -0.2) is 25.0 Å². The number of benzene rings is 2. The molecule has 3 rings (SSSR count). The van der Waals surface area contributed by atoms with Crippen molar-refractivity contribution in [2.45, 2.75) is 12.5 Å². The van der Waals surface area contributed by atoms with Gasteiger partial charge in [-0.3, -0.25) is 9.59 Å². The van der Waals surface area contributed by atoms with Crippen LogP contribution in [0, 0.1) is 0 Å². The van der Waals surface area contributed by atoms with E-state index < -0.39 is 6.04 Å². The van der Waals surface area contributed by atoms with Crippen LogP contribution in [0.15, 0.2) is 42.5 Å². The van der Waals surface area contributed by atoms with Gasteiger partial charge in [-0.2, -0.15) is 0 Å². The van der Waals surface area contributed by atoms with E-state index in [1.807, 2.05) is 12.1 Å². The van der Waals surface area contributed by atoms with Gasteiger partial charge in [0.1, 0.15) is 11.8 Å². The van der Waals surface area contributed by atoms with E-state index >= 15 is 0 Å². The predicted octanol–water partition coefficient (Wildman–Crippen LogP) is 3.75. The average molecular weight is 365 g/mol. The van der Waals surface area contributed by atoms with E-state index in [1.165, 1.54) is 6.07 Å². The third kappa shape index (κ3) is 3.05. The lowest BCUT2D eigenvalue weighted by molar-refractivity contribution is -0.121. The normalized spacial score (nSPS) is 17.3. The molecule has 1 aliphatic rings. The van der Waals surface area contributed by atoms with E-state index in [4.69, 9.17) is 27.9 Å². The van der Waals surface area contributed by atoms with Crippen molar-refractivity contribution in [3.63, 3.8) is 0 Å². The van der Waals surface area contributed by atoms with Crippen LogP contribution >= 0.6 is 23.2 Å². The van der Waals surface area contributed by atoms with Gasteiger partial charge in [-0.15, -0.1) is 0 Å².